The van der Waals surface area contributed by atoms with Crippen molar-refractivity contribution < 1.29 is 13.5 Å². The number of halogens is 2. The molecule has 2 aromatic rings. The lowest BCUT2D eigenvalue weighted by atomic mass is 10.1. The zero-order valence-electron chi connectivity index (χ0n) is 12.1. The van der Waals surface area contributed by atoms with Crippen molar-refractivity contribution in [3.8, 4) is 17.1 Å². The fourth-order valence-electron chi connectivity index (χ4n) is 1.86. The highest BCUT2D eigenvalue weighted by atomic mass is 19.3. The van der Waals surface area contributed by atoms with Gasteiger partial charge in [0.2, 0.25) is 0 Å². The third-order valence-corrected chi connectivity index (χ3v) is 2.94. The van der Waals surface area contributed by atoms with E-state index in [1.807, 2.05) is 19.9 Å². The summed E-state index contributed by atoms with van der Waals surface area (Å²) in [4.78, 5) is 8.77. The molecule has 0 aliphatic heterocycles. The van der Waals surface area contributed by atoms with Gasteiger partial charge in [-0.2, -0.15) is 8.78 Å². The van der Waals surface area contributed by atoms with Crippen LogP contribution >= 0.6 is 0 Å². The summed E-state index contributed by atoms with van der Waals surface area (Å²) in [5.74, 6) is 1.26. The number of aromatic nitrogens is 2. The zero-order valence-corrected chi connectivity index (χ0v) is 12.1. The summed E-state index contributed by atoms with van der Waals surface area (Å²) in [6.07, 6.45) is 0. The Bertz CT molecular complexity index is 618. The molecule has 0 amide bonds. The average molecular weight is 293 g/mol. The Hall–Kier alpha value is -2.24. The number of anilines is 1. The quantitative estimate of drug-likeness (QED) is 0.908. The maximum absolute atomic E-state index is 12.5. The molecule has 1 N–H and O–H groups in total. The zero-order chi connectivity index (χ0) is 15.4. The van der Waals surface area contributed by atoms with Crippen molar-refractivity contribution in [1.29, 1.82) is 0 Å². The number of benzene rings is 1. The normalized spacial score (nSPS) is 11.0. The minimum Gasteiger partial charge on any atom is -0.434 e. The third-order valence-electron chi connectivity index (χ3n) is 2.94. The highest BCUT2D eigenvalue weighted by Gasteiger charge is 2.15. The maximum atomic E-state index is 12.5. The maximum Gasteiger partial charge on any atom is 0.387 e. The Balaban J connectivity index is 2.53. The monoisotopic (exact) mass is 293 g/mol. The standard InChI is InChI=1S/C15H17F2N3O/c1-9(2)11-8-13(18-3)20-14(19-11)10-6-4-5-7-12(10)21-15(16)17/h4-9,15H,1-3H3,(H,18,19,20). The summed E-state index contributed by atoms with van der Waals surface area (Å²) in [5, 5.41) is 2.95. The van der Waals surface area contributed by atoms with Crippen molar-refractivity contribution in [2.75, 3.05) is 12.4 Å². The molecule has 1 heterocycles. The van der Waals surface area contributed by atoms with Crippen molar-refractivity contribution in [3.63, 3.8) is 0 Å². The lowest BCUT2D eigenvalue weighted by Crippen LogP contribution is -2.06. The Labute approximate surface area is 122 Å². The van der Waals surface area contributed by atoms with Crippen molar-refractivity contribution in [1.82, 2.24) is 9.97 Å². The highest BCUT2D eigenvalue weighted by molar-refractivity contribution is 5.65. The minimum atomic E-state index is -2.89. The molecule has 1 aromatic heterocycles. The molecule has 0 fully saturated rings. The van der Waals surface area contributed by atoms with E-state index in [1.165, 1.54) is 6.07 Å². The van der Waals surface area contributed by atoms with Gasteiger partial charge in [-0.3, -0.25) is 0 Å². The van der Waals surface area contributed by atoms with Crippen LogP contribution in [0.5, 0.6) is 5.75 Å². The fraction of sp³-hybridized carbons (Fsp3) is 0.333. The van der Waals surface area contributed by atoms with Gasteiger partial charge < -0.3 is 10.1 Å². The van der Waals surface area contributed by atoms with Crippen LogP contribution in [0.2, 0.25) is 0 Å². The second kappa shape index (κ2) is 6.47. The summed E-state index contributed by atoms with van der Waals surface area (Å²) in [6, 6.07) is 8.35. The van der Waals surface area contributed by atoms with E-state index in [4.69, 9.17) is 0 Å². The second-order valence-electron chi connectivity index (χ2n) is 4.78. The molecule has 4 nitrogen and oxygen atoms in total. The number of alkyl halides is 2. The Morgan fingerprint density at radius 1 is 1.14 bits per heavy atom. The first-order chi connectivity index (χ1) is 10.0. The Kier molecular flexibility index (Phi) is 4.67. The molecule has 0 bridgehead atoms. The summed E-state index contributed by atoms with van der Waals surface area (Å²) < 4.78 is 29.5. The number of ether oxygens (including phenoxy) is 1. The third kappa shape index (κ3) is 3.65. The first-order valence-corrected chi connectivity index (χ1v) is 6.62. The van der Waals surface area contributed by atoms with E-state index in [9.17, 15) is 8.78 Å². The van der Waals surface area contributed by atoms with Gasteiger partial charge in [-0.05, 0) is 18.1 Å². The van der Waals surface area contributed by atoms with E-state index in [0.29, 0.717) is 17.2 Å². The molecule has 0 atom stereocenters. The first-order valence-electron chi connectivity index (χ1n) is 6.62. The van der Waals surface area contributed by atoms with Gasteiger partial charge in [-0.25, -0.2) is 9.97 Å². The molecular formula is C15H17F2N3O. The number of nitrogens with zero attached hydrogens (tertiary/aromatic N) is 2. The van der Waals surface area contributed by atoms with Gasteiger partial charge in [0, 0.05) is 18.8 Å². The van der Waals surface area contributed by atoms with Crippen molar-refractivity contribution in [3.05, 3.63) is 36.0 Å². The van der Waals surface area contributed by atoms with Crippen LogP contribution in [0.1, 0.15) is 25.5 Å². The number of hydrogen-bond donors (Lipinski definition) is 1. The number of rotatable bonds is 5. The molecule has 0 unspecified atom stereocenters. The van der Waals surface area contributed by atoms with E-state index in [2.05, 4.69) is 20.0 Å². The van der Waals surface area contributed by atoms with E-state index < -0.39 is 6.61 Å². The smallest absolute Gasteiger partial charge is 0.387 e. The van der Waals surface area contributed by atoms with Crippen LogP contribution in [-0.2, 0) is 0 Å². The van der Waals surface area contributed by atoms with E-state index in [-0.39, 0.29) is 11.7 Å². The second-order valence-corrected chi connectivity index (χ2v) is 4.78. The molecule has 0 radical (unpaired) electrons. The Morgan fingerprint density at radius 3 is 2.48 bits per heavy atom. The molecule has 1 aromatic carbocycles. The van der Waals surface area contributed by atoms with E-state index in [1.54, 1.807) is 25.2 Å². The highest BCUT2D eigenvalue weighted by Crippen LogP contribution is 2.30. The van der Waals surface area contributed by atoms with Gasteiger partial charge in [0.05, 0.1) is 5.56 Å². The molecule has 0 saturated heterocycles. The molecule has 0 spiro atoms. The molecule has 2 rings (SSSR count). The topological polar surface area (TPSA) is 47.0 Å². The minimum absolute atomic E-state index is 0.0652. The number of nitrogens with one attached hydrogen (secondary N) is 1. The SMILES string of the molecule is CNc1cc(C(C)C)nc(-c2ccccc2OC(F)F)n1. The molecule has 0 saturated carbocycles. The van der Waals surface area contributed by atoms with Gasteiger partial charge >= 0.3 is 6.61 Å². The van der Waals surface area contributed by atoms with Crippen LogP contribution in [0.15, 0.2) is 30.3 Å². The van der Waals surface area contributed by atoms with E-state index in [0.717, 1.165) is 5.69 Å². The Morgan fingerprint density at radius 2 is 1.86 bits per heavy atom. The number of hydrogen-bond acceptors (Lipinski definition) is 4. The molecule has 112 valence electrons. The van der Waals surface area contributed by atoms with E-state index >= 15 is 0 Å². The van der Waals surface area contributed by atoms with Gasteiger partial charge in [0.1, 0.15) is 11.6 Å². The van der Waals surface area contributed by atoms with Gasteiger partial charge in [-0.15, -0.1) is 0 Å². The molecule has 0 aliphatic rings. The average Bonchev–Trinajstić information content (AvgIpc) is 2.46. The van der Waals surface area contributed by atoms with Crippen LogP contribution in [0.3, 0.4) is 0 Å². The summed E-state index contributed by atoms with van der Waals surface area (Å²) in [6.45, 7) is 1.13. The van der Waals surface area contributed by atoms with Gasteiger partial charge in [-0.1, -0.05) is 26.0 Å². The molecule has 6 heteroatoms. The van der Waals surface area contributed by atoms with Crippen LogP contribution in [0.4, 0.5) is 14.6 Å². The first kappa shape index (κ1) is 15.2. The van der Waals surface area contributed by atoms with Crippen LogP contribution < -0.4 is 10.1 Å². The molecular weight excluding hydrogens is 276 g/mol. The summed E-state index contributed by atoms with van der Waals surface area (Å²) >= 11 is 0. The van der Waals surface area contributed by atoms with Crippen LogP contribution in [0.25, 0.3) is 11.4 Å². The lowest BCUT2D eigenvalue weighted by Gasteiger charge is -2.13. The predicted octanol–water partition coefficient (Wildman–Crippen LogP) is 3.91. The predicted molar refractivity (Wildman–Crippen MR) is 77.7 cm³/mol. The summed E-state index contributed by atoms with van der Waals surface area (Å²) in [5.41, 5.74) is 1.27. The van der Waals surface area contributed by atoms with Crippen molar-refractivity contribution >= 4 is 5.82 Å². The number of para-hydroxylation sites is 1. The van der Waals surface area contributed by atoms with Crippen LogP contribution in [-0.4, -0.2) is 23.6 Å². The van der Waals surface area contributed by atoms with Crippen molar-refractivity contribution in [2.45, 2.75) is 26.4 Å². The van der Waals surface area contributed by atoms with Crippen molar-refractivity contribution in [2.24, 2.45) is 0 Å². The molecule has 0 aliphatic carbocycles. The van der Waals surface area contributed by atoms with Gasteiger partial charge in [0.25, 0.3) is 0 Å². The summed E-state index contributed by atoms with van der Waals surface area (Å²) in [7, 11) is 1.75. The fourth-order valence-corrected chi connectivity index (χ4v) is 1.86. The van der Waals surface area contributed by atoms with Gasteiger partial charge in [0.15, 0.2) is 5.82 Å². The molecule has 21 heavy (non-hydrogen) atoms. The largest absolute Gasteiger partial charge is 0.434 e. The van der Waals surface area contributed by atoms with Crippen LogP contribution in [0, 0.1) is 0 Å². The lowest BCUT2D eigenvalue weighted by molar-refractivity contribution is -0.0494.